The number of nitrogens with one attached hydrogen (secondary N) is 1. The third kappa shape index (κ3) is 3.99. The van der Waals surface area contributed by atoms with E-state index in [1.54, 1.807) is 13.0 Å². The maximum Gasteiger partial charge on any atom is 0.310 e. The van der Waals surface area contributed by atoms with Crippen molar-refractivity contribution < 1.29 is 14.3 Å². The van der Waals surface area contributed by atoms with Gasteiger partial charge in [0.1, 0.15) is 0 Å². The van der Waals surface area contributed by atoms with Crippen molar-refractivity contribution in [1.29, 1.82) is 0 Å². The molecule has 0 spiro atoms. The molecule has 128 valence electrons. The SMILES string of the molecule is CCOC(=O)Cc1ccccc1NC(=O)c1cc(Br)c2c(c1)CC=C2. The fourth-order valence-electron chi connectivity index (χ4n) is 2.82. The molecule has 0 fully saturated rings. The van der Waals surface area contributed by atoms with Gasteiger partial charge in [-0.05, 0) is 48.2 Å². The number of hydrogen-bond acceptors (Lipinski definition) is 3. The van der Waals surface area contributed by atoms with Crippen molar-refractivity contribution in [2.24, 2.45) is 0 Å². The van der Waals surface area contributed by atoms with Gasteiger partial charge in [0.15, 0.2) is 0 Å². The molecule has 1 aliphatic carbocycles. The van der Waals surface area contributed by atoms with Crippen LogP contribution in [0.2, 0.25) is 0 Å². The molecule has 1 aliphatic rings. The maximum absolute atomic E-state index is 12.7. The first-order chi connectivity index (χ1) is 12.1. The summed E-state index contributed by atoms with van der Waals surface area (Å²) < 4.78 is 5.90. The van der Waals surface area contributed by atoms with E-state index in [2.05, 4.69) is 33.4 Å². The van der Waals surface area contributed by atoms with Crippen LogP contribution in [0.15, 0.2) is 46.9 Å². The first kappa shape index (κ1) is 17.4. The van der Waals surface area contributed by atoms with Gasteiger partial charge in [-0.1, -0.05) is 46.3 Å². The van der Waals surface area contributed by atoms with Gasteiger partial charge in [-0.25, -0.2) is 0 Å². The van der Waals surface area contributed by atoms with Crippen LogP contribution >= 0.6 is 15.9 Å². The van der Waals surface area contributed by atoms with Crippen molar-refractivity contribution in [2.75, 3.05) is 11.9 Å². The molecule has 2 aromatic carbocycles. The Hall–Kier alpha value is -2.40. The van der Waals surface area contributed by atoms with E-state index in [-0.39, 0.29) is 18.3 Å². The molecule has 1 N–H and O–H groups in total. The van der Waals surface area contributed by atoms with Crippen molar-refractivity contribution in [3.8, 4) is 0 Å². The van der Waals surface area contributed by atoms with E-state index in [0.29, 0.717) is 17.9 Å². The van der Waals surface area contributed by atoms with Crippen LogP contribution in [0, 0.1) is 0 Å². The summed E-state index contributed by atoms with van der Waals surface area (Å²) >= 11 is 3.52. The smallest absolute Gasteiger partial charge is 0.310 e. The molecule has 2 aromatic rings. The molecule has 0 radical (unpaired) electrons. The standard InChI is InChI=1S/C20H18BrNO3/c1-2-25-19(23)12-14-6-3-4-9-18(14)22-20(24)15-10-13-7-5-8-16(13)17(21)11-15/h3-6,8-11H,2,7,12H2,1H3,(H,22,24). The summed E-state index contributed by atoms with van der Waals surface area (Å²) in [5.41, 5.74) is 4.19. The van der Waals surface area contributed by atoms with Crippen LogP contribution in [-0.2, 0) is 22.4 Å². The van der Waals surface area contributed by atoms with Gasteiger partial charge in [0.05, 0.1) is 13.0 Å². The third-order valence-corrected chi connectivity index (χ3v) is 4.66. The van der Waals surface area contributed by atoms with Crippen molar-refractivity contribution in [2.45, 2.75) is 19.8 Å². The summed E-state index contributed by atoms with van der Waals surface area (Å²) in [4.78, 5) is 24.4. The van der Waals surface area contributed by atoms with E-state index in [1.165, 1.54) is 0 Å². The Morgan fingerprint density at radius 1 is 1.24 bits per heavy atom. The molecule has 1 amide bonds. The van der Waals surface area contributed by atoms with E-state index < -0.39 is 0 Å². The number of hydrogen-bond donors (Lipinski definition) is 1. The molecule has 0 atom stereocenters. The minimum Gasteiger partial charge on any atom is -0.466 e. The number of carbonyl (C=O) groups excluding carboxylic acids is 2. The number of benzene rings is 2. The van der Waals surface area contributed by atoms with Crippen LogP contribution in [0.4, 0.5) is 5.69 Å². The summed E-state index contributed by atoms with van der Waals surface area (Å²) in [7, 11) is 0. The lowest BCUT2D eigenvalue weighted by molar-refractivity contribution is -0.142. The Kier molecular flexibility index (Phi) is 5.34. The minimum atomic E-state index is -0.310. The zero-order valence-electron chi connectivity index (χ0n) is 13.8. The van der Waals surface area contributed by atoms with Gasteiger partial charge in [-0.15, -0.1) is 0 Å². The molecule has 0 unspecified atom stereocenters. The second-order valence-electron chi connectivity index (χ2n) is 5.73. The molecule has 0 saturated heterocycles. The van der Waals surface area contributed by atoms with Gasteiger partial charge in [-0.2, -0.15) is 0 Å². The average Bonchev–Trinajstić information content (AvgIpc) is 3.06. The molecule has 3 rings (SSSR count). The topological polar surface area (TPSA) is 55.4 Å². The van der Waals surface area contributed by atoms with Crippen molar-refractivity contribution in [1.82, 2.24) is 0 Å². The Morgan fingerprint density at radius 2 is 2.04 bits per heavy atom. The molecule has 4 nitrogen and oxygen atoms in total. The van der Waals surface area contributed by atoms with Crippen LogP contribution in [0.25, 0.3) is 6.08 Å². The lowest BCUT2D eigenvalue weighted by Crippen LogP contribution is -2.15. The quantitative estimate of drug-likeness (QED) is 0.759. The first-order valence-electron chi connectivity index (χ1n) is 8.12. The highest BCUT2D eigenvalue weighted by molar-refractivity contribution is 9.10. The fraction of sp³-hybridized carbons (Fsp3) is 0.200. The number of carbonyl (C=O) groups is 2. The van der Waals surface area contributed by atoms with E-state index in [4.69, 9.17) is 4.74 Å². The van der Waals surface area contributed by atoms with Gasteiger partial charge in [0, 0.05) is 15.7 Å². The summed E-state index contributed by atoms with van der Waals surface area (Å²) in [6.45, 7) is 2.11. The molecule has 5 heteroatoms. The molecule has 0 bridgehead atoms. The van der Waals surface area contributed by atoms with Gasteiger partial charge in [0.25, 0.3) is 5.91 Å². The van der Waals surface area contributed by atoms with Crippen LogP contribution < -0.4 is 5.32 Å². The van der Waals surface area contributed by atoms with E-state index in [1.807, 2.05) is 30.3 Å². The molecular weight excluding hydrogens is 382 g/mol. The van der Waals surface area contributed by atoms with Crippen LogP contribution in [0.1, 0.15) is 34.0 Å². The van der Waals surface area contributed by atoms with Crippen molar-refractivity contribution in [3.05, 3.63) is 69.2 Å². The number of esters is 1. The largest absolute Gasteiger partial charge is 0.466 e. The van der Waals surface area contributed by atoms with E-state index >= 15 is 0 Å². The highest BCUT2D eigenvalue weighted by Gasteiger charge is 2.16. The zero-order chi connectivity index (χ0) is 17.8. The second kappa shape index (κ2) is 7.66. The second-order valence-corrected chi connectivity index (χ2v) is 6.58. The monoisotopic (exact) mass is 399 g/mol. The van der Waals surface area contributed by atoms with Crippen LogP contribution in [0.5, 0.6) is 0 Å². The lowest BCUT2D eigenvalue weighted by atomic mass is 10.0. The highest BCUT2D eigenvalue weighted by Crippen LogP contribution is 2.29. The Bertz CT molecular complexity index is 858. The number of amides is 1. The Balaban J connectivity index is 1.80. The van der Waals surface area contributed by atoms with Crippen LogP contribution in [0.3, 0.4) is 0 Å². The van der Waals surface area contributed by atoms with E-state index in [0.717, 1.165) is 27.6 Å². The number of ether oxygens (including phenoxy) is 1. The number of rotatable bonds is 5. The van der Waals surface area contributed by atoms with Gasteiger partial charge in [-0.3, -0.25) is 9.59 Å². The van der Waals surface area contributed by atoms with Crippen molar-refractivity contribution in [3.63, 3.8) is 0 Å². The fourth-order valence-corrected chi connectivity index (χ4v) is 3.46. The molecule has 0 heterocycles. The number of halogens is 1. The summed E-state index contributed by atoms with van der Waals surface area (Å²) in [5, 5.41) is 2.90. The predicted molar refractivity (Wildman–Crippen MR) is 102 cm³/mol. The van der Waals surface area contributed by atoms with E-state index in [9.17, 15) is 9.59 Å². The van der Waals surface area contributed by atoms with Crippen molar-refractivity contribution >= 4 is 39.6 Å². The van der Waals surface area contributed by atoms with Gasteiger partial charge in [0.2, 0.25) is 0 Å². The normalized spacial score (nSPS) is 11.9. The molecular formula is C20H18BrNO3. The maximum atomic E-state index is 12.7. The summed E-state index contributed by atoms with van der Waals surface area (Å²) in [6, 6.07) is 11.0. The first-order valence-corrected chi connectivity index (χ1v) is 8.91. The van der Waals surface area contributed by atoms with Crippen LogP contribution in [-0.4, -0.2) is 18.5 Å². The third-order valence-electron chi connectivity index (χ3n) is 4.01. The number of fused-ring (bicyclic) bond motifs is 1. The minimum absolute atomic E-state index is 0.127. The van der Waals surface area contributed by atoms with Gasteiger partial charge < -0.3 is 10.1 Å². The Morgan fingerprint density at radius 3 is 2.84 bits per heavy atom. The highest BCUT2D eigenvalue weighted by atomic mass is 79.9. The predicted octanol–water partition coefficient (Wildman–Crippen LogP) is 4.38. The molecule has 0 aliphatic heterocycles. The molecule has 25 heavy (non-hydrogen) atoms. The Labute approximate surface area is 155 Å². The average molecular weight is 400 g/mol. The van der Waals surface area contributed by atoms with Gasteiger partial charge >= 0.3 is 5.97 Å². The summed E-state index contributed by atoms with van der Waals surface area (Å²) in [6.07, 6.45) is 5.08. The number of anilines is 1. The molecule has 0 saturated carbocycles. The number of allylic oxidation sites excluding steroid dienone is 1. The molecule has 0 aromatic heterocycles. The zero-order valence-corrected chi connectivity index (χ0v) is 15.4. The summed E-state index contributed by atoms with van der Waals surface area (Å²) in [5.74, 6) is -0.512. The lowest BCUT2D eigenvalue weighted by Gasteiger charge is -2.12. The number of para-hydroxylation sites is 1.